The van der Waals surface area contributed by atoms with Gasteiger partial charge in [0.05, 0.1) is 0 Å². The van der Waals surface area contributed by atoms with E-state index in [0.29, 0.717) is 0 Å². The lowest BCUT2D eigenvalue weighted by Crippen LogP contribution is -1.93. The summed E-state index contributed by atoms with van der Waals surface area (Å²) in [5.74, 6) is 0. The van der Waals surface area contributed by atoms with E-state index in [0.717, 1.165) is 0 Å². The van der Waals surface area contributed by atoms with Crippen LogP contribution in [0, 0.1) is 0 Å². The summed E-state index contributed by atoms with van der Waals surface area (Å²) in [5, 5.41) is 5.25. The van der Waals surface area contributed by atoms with Crippen molar-refractivity contribution in [1.82, 2.24) is 0 Å². The molecule has 0 fully saturated rings. The fraction of sp³-hybridized carbons (Fsp3) is 0. The van der Waals surface area contributed by atoms with Crippen LogP contribution >= 0.6 is 23.1 Å². The van der Waals surface area contributed by atoms with Crippen molar-refractivity contribution in [2.75, 3.05) is 0 Å². The highest BCUT2D eigenvalue weighted by Crippen LogP contribution is 2.49. The summed E-state index contributed by atoms with van der Waals surface area (Å²) in [7, 11) is 0. The summed E-state index contributed by atoms with van der Waals surface area (Å²) < 4.78 is 0. The minimum atomic E-state index is 1.24. The molecule has 1 aromatic heterocycles. The van der Waals surface area contributed by atoms with E-state index in [1.54, 1.807) is 0 Å². The van der Waals surface area contributed by atoms with Gasteiger partial charge in [-0.2, -0.15) is 0 Å². The molecule has 206 valence electrons. The molecule has 0 radical (unpaired) electrons. The summed E-state index contributed by atoms with van der Waals surface area (Å²) in [6.07, 6.45) is 0. The van der Waals surface area contributed by atoms with Crippen molar-refractivity contribution >= 4 is 44.6 Å². The van der Waals surface area contributed by atoms with Crippen LogP contribution < -0.4 is 0 Å². The average Bonchev–Trinajstić information content (AvgIpc) is 3.59. The first-order valence-electron chi connectivity index (χ1n) is 14.9. The second-order valence-corrected chi connectivity index (χ2v) is 13.5. The van der Waals surface area contributed by atoms with Crippen molar-refractivity contribution in [1.29, 1.82) is 0 Å². The Morgan fingerprint density at radius 1 is 0.318 bits per heavy atom. The topological polar surface area (TPSA) is 0 Å². The van der Waals surface area contributed by atoms with Gasteiger partial charge < -0.3 is 0 Å². The Hall–Kier alpha value is -4.89. The Morgan fingerprint density at radius 3 is 1.61 bits per heavy atom. The second kappa shape index (κ2) is 10.4. The van der Waals surface area contributed by atoms with E-state index >= 15 is 0 Å². The van der Waals surface area contributed by atoms with Crippen molar-refractivity contribution in [3.8, 4) is 54.3 Å². The van der Waals surface area contributed by atoms with Crippen molar-refractivity contribution < 1.29 is 0 Å². The molecule has 0 amide bonds. The maximum absolute atomic E-state index is 2.39. The summed E-state index contributed by atoms with van der Waals surface area (Å²) in [4.78, 5) is 5.26. The highest BCUT2D eigenvalue weighted by molar-refractivity contribution is 7.99. The zero-order chi connectivity index (χ0) is 29.0. The van der Waals surface area contributed by atoms with E-state index in [9.17, 15) is 0 Å². The molecule has 0 saturated carbocycles. The largest absolute Gasteiger partial charge is 0.135 e. The van der Waals surface area contributed by atoms with Gasteiger partial charge >= 0.3 is 0 Å². The van der Waals surface area contributed by atoms with Gasteiger partial charge in [-0.15, -0.1) is 11.3 Å². The van der Waals surface area contributed by atoms with Crippen LogP contribution in [0.1, 0.15) is 0 Å². The molecule has 0 bridgehead atoms. The van der Waals surface area contributed by atoms with Crippen LogP contribution in [0.2, 0.25) is 0 Å². The molecule has 8 aromatic rings. The molecule has 0 unspecified atom stereocenters. The molecule has 0 spiro atoms. The Balaban J connectivity index is 1.06. The molecular weight excluding hydrogens is 569 g/mol. The molecule has 7 aromatic carbocycles. The molecule has 2 heteroatoms. The standard InChI is InChI=1S/C42H26S2/c1-2-8-27(9-3-1)33-14-4-10-30-11-5-15-34(41(30)33)28-18-20-29(21-19-28)37-24-25-38(43-37)32-22-23-39-36(26-32)35-16-6-12-31-13-7-17-40(44-39)42(31)35/h1-26H. The van der Waals surface area contributed by atoms with Crippen LogP contribution in [0.15, 0.2) is 168 Å². The molecule has 0 nitrogen and oxygen atoms in total. The summed E-state index contributed by atoms with van der Waals surface area (Å²) in [5.41, 5.74) is 10.2. The Labute approximate surface area is 265 Å². The van der Waals surface area contributed by atoms with E-state index in [1.807, 2.05) is 23.1 Å². The Kier molecular flexibility index (Phi) is 6.04. The first-order chi connectivity index (χ1) is 21.8. The lowest BCUT2D eigenvalue weighted by atomic mass is 9.91. The SMILES string of the molecule is c1ccc(-c2cccc3cccc(-c4ccc(-c5ccc(-c6ccc7c(c6)-c6cccc8cccc(c68)S7)s5)cc4)c23)cc1. The van der Waals surface area contributed by atoms with E-state index < -0.39 is 0 Å². The predicted molar refractivity (Wildman–Crippen MR) is 191 cm³/mol. The minimum Gasteiger partial charge on any atom is -0.135 e. The predicted octanol–water partition coefficient (Wildman–Crippen LogP) is 12.9. The lowest BCUT2D eigenvalue weighted by Gasteiger charge is -2.20. The number of rotatable bonds is 4. The van der Waals surface area contributed by atoms with Gasteiger partial charge in [0.1, 0.15) is 0 Å². The van der Waals surface area contributed by atoms with Gasteiger partial charge in [-0.3, -0.25) is 0 Å². The maximum atomic E-state index is 2.39. The molecule has 0 saturated heterocycles. The Morgan fingerprint density at radius 2 is 0.886 bits per heavy atom. The fourth-order valence-electron chi connectivity index (χ4n) is 6.62. The average molecular weight is 595 g/mol. The molecule has 1 aliphatic heterocycles. The zero-order valence-electron chi connectivity index (χ0n) is 23.8. The summed E-state index contributed by atoms with van der Waals surface area (Å²) in [6.45, 7) is 0. The fourth-order valence-corrected chi connectivity index (χ4v) is 8.76. The van der Waals surface area contributed by atoms with Crippen LogP contribution in [0.4, 0.5) is 0 Å². The maximum Gasteiger partial charge on any atom is 0.0349 e. The summed E-state index contributed by atoms with van der Waals surface area (Å²) >= 11 is 3.75. The number of thiophene rings is 1. The summed E-state index contributed by atoms with van der Waals surface area (Å²) in [6, 6.07) is 57.9. The van der Waals surface area contributed by atoms with Crippen molar-refractivity contribution in [3.63, 3.8) is 0 Å². The van der Waals surface area contributed by atoms with Gasteiger partial charge in [0.15, 0.2) is 0 Å². The van der Waals surface area contributed by atoms with Crippen molar-refractivity contribution in [3.05, 3.63) is 158 Å². The van der Waals surface area contributed by atoms with Crippen LogP contribution in [0.5, 0.6) is 0 Å². The highest BCUT2D eigenvalue weighted by atomic mass is 32.2. The number of hydrogen-bond acceptors (Lipinski definition) is 2. The van der Waals surface area contributed by atoms with E-state index in [-0.39, 0.29) is 0 Å². The number of benzene rings is 7. The lowest BCUT2D eigenvalue weighted by molar-refractivity contribution is 1.40. The third kappa shape index (κ3) is 4.22. The molecule has 0 aliphatic carbocycles. The van der Waals surface area contributed by atoms with Gasteiger partial charge in [-0.05, 0) is 91.0 Å². The van der Waals surface area contributed by atoms with Crippen LogP contribution in [-0.2, 0) is 0 Å². The molecular formula is C42H26S2. The van der Waals surface area contributed by atoms with E-state index in [2.05, 4.69) is 158 Å². The van der Waals surface area contributed by atoms with Gasteiger partial charge in [0.25, 0.3) is 0 Å². The zero-order valence-corrected chi connectivity index (χ0v) is 25.5. The third-order valence-electron chi connectivity index (χ3n) is 8.72. The first kappa shape index (κ1) is 25.6. The first-order valence-corrected chi connectivity index (χ1v) is 16.6. The molecule has 2 heterocycles. The van der Waals surface area contributed by atoms with Crippen molar-refractivity contribution in [2.45, 2.75) is 9.79 Å². The van der Waals surface area contributed by atoms with E-state index in [1.165, 1.54) is 85.6 Å². The Bertz CT molecular complexity index is 2330. The van der Waals surface area contributed by atoms with Gasteiger partial charge in [0, 0.05) is 24.9 Å². The molecule has 0 N–H and O–H groups in total. The third-order valence-corrected chi connectivity index (χ3v) is 11.0. The quantitative estimate of drug-likeness (QED) is 0.195. The minimum absolute atomic E-state index is 1.24. The molecule has 44 heavy (non-hydrogen) atoms. The number of hydrogen-bond donors (Lipinski definition) is 0. The monoisotopic (exact) mass is 594 g/mol. The smallest absolute Gasteiger partial charge is 0.0349 e. The normalized spacial score (nSPS) is 12.0. The molecule has 0 atom stereocenters. The van der Waals surface area contributed by atoms with E-state index in [4.69, 9.17) is 0 Å². The molecule has 1 aliphatic rings. The number of fused-ring (bicyclic) bond motifs is 3. The second-order valence-electron chi connectivity index (χ2n) is 11.3. The van der Waals surface area contributed by atoms with Crippen LogP contribution in [0.25, 0.3) is 75.8 Å². The van der Waals surface area contributed by atoms with Crippen LogP contribution in [0.3, 0.4) is 0 Å². The molecule has 9 rings (SSSR count). The van der Waals surface area contributed by atoms with Gasteiger partial charge in [-0.1, -0.05) is 139 Å². The highest BCUT2D eigenvalue weighted by Gasteiger charge is 2.20. The van der Waals surface area contributed by atoms with Crippen molar-refractivity contribution in [2.24, 2.45) is 0 Å². The van der Waals surface area contributed by atoms with Crippen LogP contribution in [-0.4, -0.2) is 0 Å². The van der Waals surface area contributed by atoms with Gasteiger partial charge in [-0.25, -0.2) is 0 Å². The van der Waals surface area contributed by atoms with Gasteiger partial charge in [0.2, 0.25) is 0 Å².